The normalized spacial score (nSPS) is 17.3. The minimum Gasteiger partial charge on any atom is -0.351 e. The third-order valence-electron chi connectivity index (χ3n) is 6.61. The number of aromatic nitrogens is 2. The first kappa shape index (κ1) is 26.2. The maximum Gasteiger partial charge on any atom is 0.350 e. The van der Waals surface area contributed by atoms with Crippen LogP contribution < -0.4 is 15.9 Å². The lowest BCUT2D eigenvalue weighted by molar-refractivity contribution is -0.127. The summed E-state index contributed by atoms with van der Waals surface area (Å²) in [5, 5.41) is 13.6. The first-order valence-electron chi connectivity index (χ1n) is 12.0. The van der Waals surface area contributed by atoms with E-state index in [1.807, 2.05) is 4.90 Å². The Morgan fingerprint density at radius 2 is 2.13 bits per heavy atom. The number of nitrogens with one attached hydrogen (secondary N) is 1. The highest BCUT2D eigenvalue weighted by Gasteiger charge is 2.33. The lowest BCUT2D eigenvalue weighted by Gasteiger charge is -2.39. The minimum absolute atomic E-state index is 0.142. The van der Waals surface area contributed by atoms with Crippen molar-refractivity contribution in [3.8, 4) is 17.2 Å². The molecule has 5 rings (SSSR count). The van der Waals surface area contributed by atoms with Gasteiger partial charge in [0.25, 0.3) is 0 Å². The number of nitrogens with zero attached hydrogens (tertiary/aromatic N) is 5. The third-order valence-corrected chi connectivity index (χ3v) is 7.98. The number of amides is 1. The van der Waals surface area contributed by atoms with Gasteiger partial charge in [0.1, 0.15) is 23.5 Å². The molecule has 1 aromatic heterocycles. The van der Waals surface area contributed by atoms with Crippen molar-refractivity contribution in [3.63, 3.8) is 0 Å². The molecule has 2 aromatic carbocycles. The number of aryl methyl sites for hydroxylation is 1. The SMILES string of the molecule is CNC/C=C/C(=O)N1CCN(c2nc(=O)n3c4c(c(-c5ccc(F)cc5F)c(Cl)cc24)SCC3)C[C@H]1C#N. The zero-order valence-electron chi connectivity index (χ0n) is 20.4. The van der Waals surface area contributed by atoms with Gasteiger partial charge in [-0.25, -0.2) is 13.6 Å². The van der Waals surface area contributed by atoms with Crippen molar-refractivity contribution in [2.75, 3.05) is 43.9 Å². The molecule has 2 aliphatic heterocycles. The molecule has 0 unspecified atom stereocenters. The molecule has 0 radical (unpaired) electrons. The number of likely N-dealkylation sites (N-methyl/N-ethyl adjacent to an activating group) is 1. The van der Waals surface area contributed by atoms with Gasteiger partial charge in [-0.3, -0.25) is 9.36 Å². The number of thioether (sulfide) groups is 1. The summed E-state index contributed by atoms with van der Waals surface area (Å²) < 4.78 is 30.0. The highest BCUT2D eigenvalue weighted by atomic mass is 35.5. The van der Waals surface area contributed by atoms with Crippen LogP contribution in [0.15, 0.2) is 46.1 Å². The van der Waals surface area contributed by atoms with Crippen LogP contribution in [0.2, 0.25) is 5.02 Å². The van der Waals surface area contributed by atoms with E-state index in [-0.39, 0.29) is 29.6 Å². The van der Waals surface area contributed by atoms with Gasteiger partial charge in [-0.05, 0) is 25.2 Å². The molecule has 0 aliphatic carbocycles. The fourth-order valence-corrected chi connectivity index (χ4v) is 6.42. The summed E-state index contributed by atoms with van der Waals surface area (Å²) in [4.78, 5) is 34.1. The van der Waals surface area contributed by atoms with Gasteiger partial charge >= 0.3 is 5.69 Å². The van der Waals surface area contributed by atoms with E-state index < -0.39 is 23.4 Å². The van der Waals surface area contributed by atoms with Crippen molar-refractivity contribution in [1.29, 1.82) is 5.26 Å². The highest BCUT2D eigenvalue weighted by Crippen LogP contribution is 2.46. The van der Waals surface area contributed by atoms with E-state index in [1.165, 1.54) is 34.9 Å². The quantitative estimate of drug-likeness (QED) is 0.481. The summed E-state index contributed by atoms with van der Waals surface area (Å²) in [5.74, 6) is -0.802. The average molecular weight is 557 g/mol. The number of benzene rings is 2. The second-order valence-corrected chi connectivity index (χ2v) is 10.4. The van der Waals surface area contributed by atoms with E-state index in [9.17, 15) is 23.6 Å². The van der Waals surface area contributed by atoms with Crippen LogP contribution in [0, 0.1) is 23.0 Å². The molecule has 1 N–H and O–H groups in total. The standard InChI is InChI=1S/C26H23ClF2N6O2S/c1-31-6-2-3-21(36)34-8-7-33(14-16(34)13-30)25-18-12-19(27)22(17-5-4-15(28)11-20(17)29)24-23(18)35(9-10-38-24)26(37)32-25/h2-5,11-12,16,31H,6-10,14H2,1H3/b3-2+/t16-/m1/s1. The molecule has 1 saturated heterocycles. The number of halogens is 3. The summed E-state index contributed by atoms with van der Waals surface area (Å²) in [6, 6.07) is 6.39. The molecule has 2 aliphatic rings. The van der Waals surface area contributed by atoms with Crippen molar-refractivity contribution in [2.45, 2.75) is 17.5 Å². The van der Waals surface area contributed by atoms with Crippen LogP contribution in [0.3, 0.4) is 0 Å². The van der Waals surface area contributed by atoms with Gasteiger partial charge in [-0.1, -0.05) is 17.7 Å². The number of nitriles is 1. The fraction of sp³-hybridized carbons (Fsp3) is 0.308. The third kappa shape index (κ3) is 4.64. The highest BCUT2D eigenvalue weighted by molar-refractivity contribution is 7.99. The Kier molecular flexibility index (Phi) is 7.38. The first-order chi connectivity index (χ1) is 18.3. The number of rotatable bonds is 5. The Morgan fingerprint density at radius 3 is 2.87 bits per heavy atom. The number of hydrogen-bond donors (Lipinski definition) is 1. The number of carbonyl (C=O) groups is 1. The Hall–Kier alpha value is -3.46. The number of hydrogen-bond acceptors (Lipinski definition) is 7. The van der Waals surface area contributed by atoms with Crippen molar-refractivity contribution in [1.82, 2.24) is 19.8 Å². The Labute approximate surface area is 226 Å². The van der Waals surface area contributed by atoms with Crippen LogP contribution in [0.25, 0.3) is 22.0 Å². The van der Waals surface area contributed by atoms with Gasteiger partial charge in [0.05, 0.1) is 23.2 Å². The molecule has 1 amide bonds. The number of piperazine rings is 1. The van der Waals surface area contributed by atoms with Crippen molar-refractivity contribution >= 4 is 46.0 Å². The van der Waals surface area contributed by atoms with Crippen LogP contribution in [0.4, 0.5) is 14.6 Å². The molecule has 38 heavy (non-hydrogen) atoms. The Balaban J connectivity index is 1.60. The topological polar surface area (TPSA) is 94.3 Å². The summed E-state index contributed by atoms with van der Waals surface area (Å²) in [6.45, 7) is 1.71. The zero-order valence-corrected chi connectivity index (χ0v) is 22.0. The van der Waals surface area contributed by atoms with Crippen LogP contribution in [-0.4, -0.2) is 65.4 Å². The molecular weight excluding hydrogens is 534 g/mol. The van der Waals surface area contributed by atoms with Gasteiger partial charge < -0.3 is 15.1 Å². The summed E-state index contributed by atoms with van der Waals surface area (Å²) in [7, 11) is 1.77. The van der Waals surface area contributed by atoms with E-state index in [1.54, 1.807) is 23.8 Å². The van der Waals surface area contributed by atoms with Gasteiger partial charge in [0.2, 0.25) is 5.91 Å². The first-order valence-corrected chi connectivity index (χ1v) is 13.3. The molecule has 8 nitrogen and oxygen atoms in total. The fourth-order valence-electron chi connectivity index (χ4n) is 4.86. The Morgan fingerprint density at radius 1 is 1.32 bits per heavy atom. The van der Waals surface area contributed by atoms with E-state index in [2.05, 4.69) is 16.4 Å². The lowest BCUT2D eigenvalue weighted by atomic mass is 10.0. The van der Waals surface area contributed by atoms with Crippen LogP contribution in [-0.2, 0) is 11.3 Å². The molecule has 3 heterocycles. The Bertz CT molecular complexity index is 1570. The number of anilines is 1. The molecule has 196 valence electrons. The molecule has 0 saturated carbocycles. The summed E-state index contributed by atoms with van der Waals surface area (Å²) in [6.07, 6.45) is 3.13. The van der Waals surface area contributed by atoms with Gasteiger partial charge in [-0.2, -0.15) is 10.2 Å². The van der Waals surface area contributed by atoms with Gasteiger partial charge in [-0.15, -0.1) is 11.8 Å². The van der Waals surface area contributed by atoms with Crippen LogP contribution >= 0.6 is 23.4 Å². The second kappa shape index (κ2) is 10.7. The van der Waals surface area contributed by atoms with Gasteiger partial charge in [0.15, 0.2) is 0 Å². The molecule has 12 heteroatoms. The molecule has 1 atom stereocenters. The van der Waals surface area contributed by atoms with Crippen molar-refractivity contribution in [3.05, 3.63) is 63.6 Å². The van der Waals surface area contributed by atoms with Crippen molar-refractivity contribution in [2.24, 2.45) is 0 Å². The summed E-state index contributed by atoms with van der Waals surface area (Å²) >= 11 is 8.16. The second-order valence-electron chi connectivity index (χ2n) is 8.88. The van der Waals surface area contributed by atoms with Gasteiger partial charge in [0, 0.05) is 65.5 Å². The molecular formula is C26H23ClF2N6O2S. The van der Waals surface area contributed by atoms with Crippen molar-refractivity contribution < 1.29 is 13.6 Å². The largest absolute Gasteiger partial charge is 0.351 e. The smallest absolute Gasteiger partial charge is 0.350 e. The van der Waals surface area contributed by atoms with E-state index in [4.69, 9.17) is 11.6 Å². The molecule has 3 aromatic rings. The molecule has 1 fully saturated rings. The molecule has 0 bridgehead atoms. The van der Waals surface area contributed by atoms with E-state index in [0.29, 0.717) is 52.6 Å². The van der Waals surface area contributed by atoms with E-state index in [0.717, 1.165) is 6.07 Å². The minimum atomic E-state index is -0.752. The summed E-state index contributed by atoms with van der Waals surface area (Å²) in [5.41, 5.74) is 0.638. The van der Waals surface area contributed by atoms with Crippen LogP contribution in [0.5, 0.6) is 0 Å². The predicted octanol–water partition coefficient (Wildman–Crippen LogP) is 3.42. The lowest BCUT2D eigenvalue weighted by Crippen LogP contribution is -2.55. The predicted molar refractivity (Wildman–Crippen MR) is 143 cm³/mol. The maximum absolute atomic E-state index is 14.8. The maximum atomic E-state index is 14.8. The molecule has 0 spiro atoms. The number of carbonyl (C=O) groups excluding carboxylic acids is 1. The monoisotopic (exact) mass is 556 g/mol. The average Bonchev–Trinajstić information content (AvgIpc) is 2.91. The zero-order chi connectivity index (χ0) is 27.0. The van der Waals surface area contributed by atoms with E-state index >= 15 is 0 Å². The van der Waals surface area contributed by atoms with Crippen LogP contribution in [0.1, 0.15) is 0 Å².